The smallest absolute Gasteiger partial charge is 0.138 e. The van der Waals surface area contributed by atoms with E-state index >= 15 is 0 Å². The minimum absolute atomic E-state index is 0.261. The lowest BCUT2D eigenvalue weighted by molar-refractivity contribution is 0.177. The molecule has 0 amide bonds. The van der Waals surface area contributed by atoms with Crippen LogP contribution >= 0.6 is 22.7 Å². The van der Waals surface area contributed by atoms with Gasteiger partial charge in [0.2, 0.25) is 0 Å². The highest BCUT2D eigenvalue weighted by Gasteiger charge is 2.17. The van der Waals surface area contributed by atoms with Gasteiger partial charge in [-0.05, 0) is 31.4 Å². The predicted molar refractivity (Wildman–Crippen MR) is 78.8 cm³/mol. The maximum absolute atomic E-state index is 10.4. The zero-order valence-electron chi connectivity index (χ0n) is 10.8. The summed E-state index contributed by atoms with van der Waals surface area (Å²) in [4.78, 5) is 5.24. The Bertz CT molecular complexity index is 654. The van der Waals surface area contributed by atoms with Gasteiger partial charge >= 0.3 is 0 Å². The van der Waals surface area contributed by atoms with E-state index in [1.807, 2.05) is 4.68 Å². The molecule has 0 fully saturated rings. The van der Waals surface area contributed by atoms with E-state index in [0.29, 0.717) is 6.42 Å². The average Bonchev–Trinajstić information content (AvgIpc) is 3.01. The van der Waals surface area contributed by atoms with Gasteiger partial charge < -0.3 is 5.11 Å². The zero-order valence-corrected chi connectivity index (χ0v) is 12.4. The van der Waals surface area contributed by atoms with Gasteiger partial charge in [0, 0.05) is 26.7 Å². The molecule has 0 aliphatic rings. The number of fused-ring (bicyclic) bond motifs is 1. The van der Waals surface area contributed by atoms with Gasteiger partial charge in [-0.2, -0.15) is 5.10 Å². The van der Waals surface area contributed by atoms with E-state index in [1.54, 1.807) is 29.0 Å². The summed E-state index contributed by atoms with van der Waals surface area (Å²) >= 11 is 3.36. The van der Waals surface area contributed by atoms with E-state index in [2.05, 4.69) is 41.4 Å². The Kier molecular flexibility index (Phi) is 3.38. The van der Waals surface area contributed by atoms with Crippen LogP contribution in [-0.4, -0.2) is 19.9 Å². The standard InChI is InChI=1S/C13H15N3OS2/c1-8(2)16-13(14-7-15-16)5-9(17)11-6-12-10(19-11)3-4-18-12/h3-4,6-9,17H,5H2,1-2H3. The topological polar surface area (TPSA) is 50.9 Å². The zero-order chi connectivity index (χ0) is 13.4. The van der Waals surface area contributed by atoms with Crippen molar-refractivity contribution in [3.8, 4) is 0 Å². The van der Waals surface area contributed by atoms with Gasteiger partial charge in [0.15, 0.2) is 0 Å². The van der Waals surface area contributed by atoms with E-state index in [4.69, 9.17) is 0 Å². The van der Waals surface area contributed by atoms with Crippen molar-refractivity contribution in [1.82, 2.24) is 14.8 Å². The molecule has 0 saturated heterocycles. The normalized spacial score (nSPS) is 13.5. The lowest BCUT2D eigenvalue weighted by atomic mass is 10.2. The summed E-state index contributed by atoms with van der Waals surface area (Å²) < 4.78 is 4.34. The molecule has 100 valence electrons. The molecule has 0 bridgehead atoms. The van der Waals surface area contributed by atoms with Gasteiger partial charge in [-0.25, -0.2) is 9.67 Å². The number of rotatable bonds is 4. The first-order chi connectivity index (χ1) is 9.15. The Hall–Kier alpha value is -1.24. The van der Waals surface area contributed by atoms with Gasteiger partial charge in [0.1, 0.15) is 12.2 Å². The molecule has 4 nitrogen and oxygen atoms in total. The second kappa shape index (κ2) is 5.03. The molecular formula is C13H15N3OS2. The van der Waals surface area contributed by atoms with Crippen LogP contribution in [0, 0.1) is 0 Å². The number of nitrogens with zero attached hydrogens (tertiary/aromatic N) is 3. The highest BCUT2D eigenvalue weighted by molar-refractivity contribution is 7.26. The number of hydrogen-bond acceptors (Lipinski definition) is 5. The molecule has 3 rings (SSSR count). The lowest BCUT2D eigenvalue weighted by Crippen LogP contribution is -2.11. The molecular weight excluding hydrogens is 278 g/mol. The Labute approximate surface area is 119 Å². The molecule has 0 saturated carbocycles. The molecule has 19 heavy (non-hydrogen) atoms. The minimum atomic E-state index is -0.508. The monoisotopic (exact) mass is 293 g/mol. The quantitative estimate of drug-likeness (QED) is 0.802. The summed E-state index contributed by atoms with van der Waals surface area (Å²) in [5.74, 6) is 0.833. The molecule has 1 unspecified atom stereocenters. The van der Waals surface area contributed by atoms with Crippen LogP contribution in [0.25, 0.3) is 9.40 Å². The number of aliphatic hydroxyl groups excluding tert-OH is 1. The van der Waals surface area contributed by atoms with Crippen molar-refractivity contribution in [3.05, 3.63) is 34.5 Å². The lowest BCUT2D eigenvalue weighted by Gasteiger charge is -2.12. The largest absolute Gasteiger partial charge is 0.387 e. The Balaban J connectivity index is 1.82. The maximum Gasteiger partial charge on any atom is 0.138 e. The first-order valence-electron chi connectivity index (χ1n) is 6.18. The summed E-state index contributed by atoms with van der Waals surface area (Å²) in [5, 5.41) is 16.6. The Morgan fingerprint density at radius 3 is 2.95 bits per heavy atom. The summed E-state index contributed by atoms with van der Waals surface area (Å²) in [7, 11) is 0. The summed E-state index contributed by atoms with van der Waals surface area (Å²) in [6.07, 6.45) is 1.55. The van der Waals surface area contributed by atoms with E-state index in [0.717, 1.165) is 10.7 Å². The molecule has 1 N–H and O–H groups in total. The van der Waals surface area contributed by atoms with Crippen LogP contribution in [0.4, 0.5) is 0 Å². The highest BCUT2D eigenvalue weighted by atomic mass is 32.1. The molecule has 6 heteroatoms. The number of thiophene rings is 2. The highest BCUT2D eigenvalue weighted by Crippen LogP contribution is 2.34. The van der Waals surface area contributed by atoms with Crippen molar-refractivity contribution in [2.24, 2.45) is 0 Å². The van der Waals surface area contributed by atoms with Crippen LogP contribution in [0.3, 0.4) is 0 Å². The summed E-state index contributed by atoms with van der Waals surface area (Å²) in [6.45, 7) is 4.12. The van der Waals surface area contributed by atoms with Gasteiger partial charge in [-0.3, -0.25) is 0 Å². The van der Waals surface area contributed by atoms with Crippen molar-refractivity contribution in [2.45, 2.75) is 32.4 Å². The third-order valence-corrected chi connectivity index (χ3v) is 5.19. The Morgan fingerprint density at radius 1 is 1.37 bits per heavy atom. The fourth-order valence-corrected chi connectivity index (χ4v) is 4.18. The van der Waals surface area contributed by atoms with Gasteiger partial charge in [0.05, 0.1) is 6.10 Å². The second-order valence-electron chi connectivity index (χ2n) is 4.73. The van der Waals surface area contributed by atoms with Crippen molar-refractivity contribution < 1.29 is 5.11 Å². The molecule has 0 radical (unpaired) electrons. The maximum atomic E-state index is 10.4. The van der Waals surface area contributed by atoms with Gasteiger partial charge in [0.25, 0.3) is 0 Å². The van der Waals surface area contributed by atoms with Gasteiger partial charge in [-0.15, -0.1) is 22.7 Å². The van der Waals surface area contributed by atoms with E-state index in [1.165, 1.54) is 9.40 Å². The molecule has 0 aliphatic heterocycles. The molecule has 3 aromatic heterocycles. The molecule has 1 atom stereocenters. The SMILES string of the molecule is CC(C)n1ncnc1CC(O)c1cc2sccc2s1. The number of aromatic nitrogens is 3. The molecule has 0 aliphatic carbocycles. The third-order valence-electron chi connectivity index (χ3n) is 3.00. The fourth-order valence-electron chi connectivity index (χ4n) is 2.07. The first-order valence-corrected chi connectivity index (χ1v) is 7.88. The summed E-state index contributed by atoms with van der Waals surface area (Å²) in [6, 6.07) is 4.43. The van der Waals surface area contributed by atoms with Crippen LogP contribution in [0.1, 0.15) is 36.7 Å². The van der Waals surface area contributed by atoms with Crippen molar-refractivity contribution in [2.75, 3.05) is 0 Å². The average molecular weight is 293 g/mol. The van der Waals surface area contributed by atoms with Crippen LogP contribution in [0.5, 0.6) is 0 Å². The number of aliphatic hydroxyl groups is 1. The van der Waals surface area contributed by atoms with Crippen LogP contribution in [0.2, 0.25) is 0 Å². The second-order valence-corrected chi connectivity index (χ2v) is 6.80. The summed E-state index contributed by atoms with van der Waals surface area (Å²) in [5.41, 5.74) is 0. The van der Waals surface area contributed by atoms with Crippen molar-refractivity contribution in [1.29, 1.82) is 0 Å². The van der Waals surface area contributed by atoms with E-state index in [-0.39, 0.29) is 6.04 Å². The molecule has 0 spiro atoms. The Morgan fingerprint density at radius 2 is 2.21 bits per heavy atom. The fraction of sp³-hybridized carbons (Fsp3) is 0.385. The third kappa shape index (κ3) is 2.43. The molecule has 3 aromatic rings. The molecule has 0 aromatic carbocycles. The van der Waals surface area contributed by atoms with Crippen LogP contribution in [0.15, 0.2) is 23.8 Å². The van der Waals surface area contributed by atoms with E-state index in [9.17, 15) is 5.11 Å². The molecule has 3 heterocycles. The van der Waals surface area contributed by atoms with E-state index < -0.39 is 6.10 Å². The van der Waals surface area contributed by atoms with Crippen LogP contribution in [-0.2, 0) is 6.42 Å². The first kappa shape index (κ1) is 12.8. The van der Waals surface area contributed by atoms with Crippen molar-refractivity contribution >= 4 is 32.1 Å². The van der Waals surface area contributed by atoms with Crippen LogP contribution < -0.4 is 0 Å². The van der Waals surface area contributed by atoms with Gasteiger partial charge in [-0.1, -0.05) is 0 Å². The predicted octanol–water partition coefficient (Wildman–Crippen LogP) is 3.41. The number of hydrogen-bond donors (Lipinski definition) is 1. The van der Waals surface area contributed by atoms with Crippen molar-refractivity contribution in [3.63, 3.8) is 0 Å². The minimum Gasteiger partial charge on any atom is -0.387 e.